The summed E-state index contributed by atoms with van der Waals surface area (Å²) in [6, 6.07) is 42.4. The van der Waals surface area contributed by atoms with Gasteiger partial charge < -0.3 is 99.3 Å². The highest BCUT2D eigenvalue weighted by atomic mass is 35.5. The number of halogens is 2. The highest BCUT2D eigenvalue weighted by molar-refractivity contribution is 6.31. The average molecular weight is 1650 g/mol. The van der Waals surface area contributed by atoms with Crippen molar-refractivity contribution in [2.45, 2.75) is 84.7 Å². The lowest BCUT2D eigenvalue weighted by Gasteiger charge is -2.33. The molecule has 5 aromatic rings. The molecule has 9 rings (SSSR count). The molecule has 5 N–H and O–H groups in total. The lowest BCUT2D eigenvalue weighted by molar-refractivity contribution is -0.133. The molecule has 0 saturated carbocycles. The number of carbonyl (C=O) groups is 9. The van der Waals surface area contributed by atoms with Gasteiger partial charge in [-0.1, -0.05) is 146 Å². The molecule has 0 aliphatic carbocycles. The molecule has 0 aromatic heterocycles. The zero-order valence-electron chi connectivity index (χ0n) is 66.5. The van der Waals surface area contributed by atoms with Crippen molar-refractivity contribution in [1.29, 1.82) is 0 Å². The molecule has 0 atom stereocenters. The first kappa shape index (κ1) is 103. The standard InChI is InChI=1S/C17H16N2O2.C14H17N3O.2C10H9ClN2O.C8H12N2O.C7H10N2O2.C7H10N2O.C7H12N2O.C6H6N2O/c1-18-12-17(20)19-11-14-7-9-16(10-8-14)21-13-15-5-3-2-4-6-15;1-15-11-14(18)17-9-7-16(8-10-17)12-13-5-3-2-4-6-13;1-12-7-10(14)13-6-8-3-2-4-9(11)5-8;1-12-7-10(14)13-6-8-4-2-3-5-9(8)11;1-9-7-8(11)10-5-3-2-4-6-10;1-8-6-7(10)9-2-4-11-5-3-9;1-8-6-7(10)9-4-2-3-5-9;1-3-4-5-9-7(10)6-8-2;1-3-4-8-6(9)5-7-2/h2-10H,11-13H2,(H,19,20);2-6H,7-12H2;2*2-5H,6-7H2,(H,13,14);2-7H2;2-6H2;2-6H2;3-6H2,1H3,(H,9,10);1H,4-5H2,(H,8,9). The fourth-order valence-electron chi connectivity index (χ4n) is 10.1. The van der Waals surface area contributed by atoms with Crippen molar-refractivity contribution < 1.29 is 52.6 Å². The molecule has 32 heteroatoms. The minimum absolute atomic E-state index is 0.000278. The number of nitrogens with zero attached hydrogens (tertiary/aromatic N) is 14. The molecule has 5 aromatic carbocycles. The molecule has 4 aliphatic rings. The predicted octanol–water partition coefficient (Wildman–Crippen LogP) is 9.49. The van der Waals surface area contributed by atoms with E-state index in [0.29, 0.717) is 69.1 Å². The van der Waals surface area contributed by atoms with Crippen LogP contribution in [-0.2, 0) is 80.7 Å². The van der Waals surface area contributed by atoms with E-state index in [1.165, 1.54) is 12.0 Å². The SMILES string of the molecule is [C-]#[N+]CC(=O)N1CCCC1.[C-]#[N+]CC(=O)N1CCCCC1.[C-]#[N+]CC(=O)N1CCN(Cc2ccccc2)CC1.[C-]#[N+]CC(=O)N1CCOCC1.[C-]#[N+]CC(=O)NCC#C.[C-]#[N+]CC(=O)NCCCC.[C-]#[N+]CC(=O)NCc1ccc(OCc2ccccc2)cc1.[C-]#[N+]CC(=O)NCc1cccc(Cl)c1.[C-]#[N+]CC(=O)NCc1ccccc1Cl. The Labute approximate surface area is 703 Å². The van der Waals surface area contributed by atoms with Gasteiger partial charge in [-0.3, -0.25) is 48.1 Å². The number of ether oxygens (including phenoxy) is 2. The van der Waals surface area contributed by atoms with Crippen molar-refractivity contribution in [2.24, 2.45) is 0 Å². The van der Waals surface area contributed by atoms with Crippen molar-refractivity contribution in [3.8, 4) is 18.1 Å². The molecule has 4 heterocycles. The van der Waals surface area contributed by atoms with Gasteiger partial charge in [0.1, 0.15) is 12.4 Å². The van der Waals surface area contributed by atoms with E-state index >= 15 is 0 Å². The third kappa shape index (κ3) is 52.1. The van der Waals surface area contributed by atoms with Crippen LogP contribution in [0.1, 0.15) is 79.7 Å². The van der Waals surface area contributed by atoms with Crippen LogP contribution in [0.3, 0.4) is 0 Å². The number of hydrogen-bond donors (Lipinski definition) is 5. The minimum Gasteiger partial charge on any atom is -0.489 e. The topological polar surface area (TPSA) is 288 Å². The lowest BCUT2D eigenvalue weighted by Crippen LogP contribution is -2.48. The van der Waals surface area contributed by atoms with Crippen LogP contribution in [0.5, 0.6) is 5.75 Å². The van der Waals surface area contributed by atoms with E-state index in [1.54, 1.807) is 37.8 Å². The summed E-state index contributed by atoms with van der Waals surface area (Å²) in [6.07, 6.45) is 12.5. The fraction of sp³-hybridized carbons (Fsp3) is 0.419. The second-order valence-corrected chi connectivity index (χ2v) is 26.0. The number of likely N-dealkylation sites (tertiary alicyclic amines) is 2. The summed E-state index contributed by atoms with van der Waals surface area (Å²) in [5.74, 6) is 1.61. The summed E-state index contributed by atoms with van der Waals surface area (Å²) in [5, 5.41) is 14.1. The molecular formula is C86H101Cl2N19O11. The van der Waals surface area contributed by atoms with Crippen molar-refractivity contribution >= 4 is 76.4 Å². The van der Waals surface area contributed by atoms with E-state index in [0.717, 1.165) is 125 Å². The third-order valence-corrected chi connectivity index (χ3v) is 16.8. The zero-order chi connectivity index (χ0) is 87.0. The summed E-state index contributed by atoms with van der Waals surface area (Å²) in [5.41, 5.74) is 5.18. The number of nitrogens with one attached hydrogen (secondary N) is 5. The van der Waals surface area contributed by atoms with Crippen LogP contribution in [0, 0.1) is 71.5 Å². The van der Waals surface area contributed by atoms with E-state index in [9.17, 15) is 43.2 Å². The van der Waals surface area contributed by atoms with Gasteiger partial charge in [0.15, 0.2) is 0 Å². The number of amides is 9. The Morgan fingerprint density at radius 2 is 0.805 bits per heavy atom. The third-order valence-electron chi connectivity index (χ3n) is 16.2. The Bertz CT molecular complexity index is 4250. The molecule has 118 heavy (non-hydrogen) atoms. The number of benzene rings is 5. The van der Waals surface area contributed by atoms with Crippen LogP contribution in [0.25, 0.3) is 43.6 Å². The van der Waals surface area contributed by atoms with Crippen molar-refractivity contribution in [3.63, 3.8) is 0 Å². The van der Waals surface area contributed by atoms with E-state index in [1.807, 2.05) is 103 Å². The summed E-state index contributed by atoms with van der Waals surface area (Å²) < 4.78 is 10.7. The Kier molecular flexibility index (Phi) is 59.2. The maximum atomic E-state index is 11.6. The van der Waals surface area contributed by atoms with Crippen LogP contribution in [0.4, 0.5) is 0 Å². The highest BCUT2D eigenvalue weighted by Gasteiger charge is 2.24. The molecule has 0 radical (unpaired) electrons. The number of piperazine rings is 1. The first-order valence-electron chi connectivity index (χ1n) is 37.6. The number of hydrogen-bond acceptors (Lipinski definition) is 12. The van der Waals surface area contributed by atoms with Gasteiger partial charge >= 0.3 is 29.5 Å². The molecule has 9 amide bonds. The second-order valence-electron chi connectivity index (χ2n) is 25.2. The Hall–Kier alpha value is -13.4. The van der Waals surface area contributed by atoms with E-state index in [2.05, 4.69) is 100 Å². The Balaban J connectivity index is 0.000000673. The van der Waals surface area contributed by atoms with Gasteiger partial charge in [0.05, 0.1) is 19.8 Å². The van der Waals surface area contributed by atoms with Gasteiger partial charge in [-0.25, -0.2) is 59.1 Å². The number of unbranched alkanes of at least 4 members (excludes halogenated alkanes) is 1. The largest absolute Gasteiger partial charge is 0.489 e. The van der Waals surface area contributed by atoms with E-state index in [4.69, 9.17) is 98.2 Å². The van der Waals surface area contributed by atoms with Gasteiger partial charge in [-0.05, 0) is 96.7 Å². The number of terminal acetylenes is 1. The molecule has 4 fully saturated rings. The van der Waals surface area contributed by atoms with Gasteiger partial charge in [0.2, 0.25) is 0 Å². The molecule has 4 saturated heterocycles. The van der Waals surface area contributed by atoms with Gasteiger partial charge in [0, 0.05) is 108 Å². The van der Waals surface area contributed by atoms with Crippen molar-refractivity contribution in [2.75, 3.05) is 151 Å². The Morgan fingerprint density at radius 1 is 0.415 bits per heavy atom. The molecule has 4 aliphatic heterocycles. The normalized spacial score (nSPS) is 12.3. The van der Waals surface area contributed by atoms with Gasteiger partial charge in [-0.2, -0.15) is 0 Å². The van der Waals surface area contributed by atoms with Crippen molar-refractivity contribution in [3.05, 3.63) is 274 Å². The van der Waals surface area contributed by atoms with Crippen LogP contribution in [-0.4, -0.2) is 228 Å². The quantitative estimate of drug-likeness (QED) is 0.0219. The summed E-state index contributed by atoms with van der Waals surface area (Å²) >= 11 is 11.6. The first-order chi connectivity index (χ1) is 57.2. The maximum absolute atomic E-state index is 11.6. The smallest absolute Gasteiger partial charge is 0.302 e. The molecular weight excluding hydrogens is 1550 g/mol. The van der Waals surface area contributed by atoms with Gasteiger partial charge in [0.25, 0.3) is 82.5 Å². The lowest BCUT2D eigenvalue weighted by atomic mass is 10.1. The number of rotatable bonds is 24. The molecule has 0 bridgehead atoms. The highest BCUT2D eigenvalue weighted by Crippen LogP contribution is 2.17. The summed E-state index contributed by atoms with van der Waals surface area (Å²) in [4.78, 5) is 135. The van der Waals surface area contributed by atoms with Crippen LogP contribution in [0.2, 0.25) is 10.0 Å². The molecule has 30 nitrogen and oxygen atoms in total. The summed E-state index contributed by atoms with van der Waals surface area (Å²) in [7, 11) is 0. The molecule has 620 valence electrons. The number of morpholine rings is 1. The van der Waals surface area contributed by atoms with E-state index < -0.39 is 0 Å². The summed E-state index contributed by atoms with van der Waals surface area (Å²) in [6.45, 7) is 72.7. The minimum atomic E-state index is -0.317. The van der Waals surface area contributed by atoms with Crippen molar-refractivity contribution in [1.82, 2.24) is 51.1 Å². The average Bonchev–Trinajstić information content (AvgIpc) is 1.71. The van der Waals surface area contributed by atoms with E-state index in [-0.39, 0.29) is 119 Å². The Morgan fingerprint density at radius 3 is 1.25 bits per heavy atom. The number of carbonyl (C=O) groups excluding carboxylic acids is 9. The predicted molar refractivity (Wildman–Crippen MR) is 451 cm³/mol. The van der Waals surface area contributed by atoms with Crippen LogP contribution < -0.4 is 31.3 Å². The molecule has 0 unspecified atom stereocenters. The first-order valence-corrected chi connectivity index (χ1v) is 38.4. The maximum Gasteiger partial charge on any atom is 0.302 e. The monoisotopic (exact) mass is 1650 g/mol. The molecule has 0 spiro atoms. The fourth-order valence-corrected chi connectivity index (χ4v) is 10.5. The number of piperidine rings is 1. The van der Waals surface area contributed by atoms with Crippen LogP contribution >= 0.6 is 23.2 Å². The van der Waals surface area contributed by atoms with Crippen LogP contribution in [0.15, 0.2) is 133 Å². The zero-order valence-corrected chi connectivity index (χ0v) is 68.0. The van der Waals surface area contributed by atoms with Gasteiger partial charge in [-0.15, -0.1) is 6.42 Å². The second kappa shape index (κ2) is 68.0.